The summed E-state index contributed by atoms with van der Waals surface area (Å²) >= 11 is 3.42. The molecule has 1 nitrogen and oxygen atoms in total. The molecule has 10 heavy (non-hydrogen) atoms. The Labute approximate surface area is 71.3 Å². The largest absolute Gasteiger partial charge is 0.377 e. The van der Waals surface area contributed by atoms with Gasteiger partial charge in [-0.15, -0.1) is 0 Å². The van der Waals surface area contributed by atoms with Crippen LogP contribution in [0.15, 0.2) is 0 Å². The molecule has 0 aromatic rings. The third-order valence-corrected chi connectivity index (χ3v) is 2.75. The normalized spacial score (nSPS) is 32.1. The summed E-state index contributed by atoms with van der Waals surface area (Å²) in [6, 6.07) is 0. The summed E-state index contributed by atoms with van der Waals surface area (Å²) in [5, 5.41) is 0.989. The van der Waals surface area contributed by atoms with Crippen molar-refractivity contribution in [3.8, 4) is 0 Å². The van der Waals surface area contributed by atoms with Gasteiger partial charge in [0.2, 0.25) is 0 Å². The quantitative estimate of drug-likeness (QED) is 0.600. The molecule has 0 spiro atoms. The first-order valence-electron chi connectivity index (χ1n) is 3.82. The van der Waals surface area contributed by atoms with E-state index in [1.54, 1.807) is 0 Å². The van der Waals surface area contributed by atoms with Crippen LogP contribution in [-0.4, -0.2) is 18.0 Å². The molecular weight excluding hydrogens is 192 g/mol. The molecule has 1 unspecified atom stereocenters. The van der Waals surface area contributed by atoms with E-state index < -0.39 is 0 Å². The summed E-state index contributed by atoms with van der Waals surface area (Å²) in [6.45, 7) is 5.44. The van der Waals surface area contributed by atoms with Gasteiger partial charge in [0, 0.05) is 5.33 Å². The minimum absolute atomic E-state index is 0.415. The van der Waals surface area contributed by atoms with Gasteiger partial charge in [0.1, 0.15) is 0 Å². The van der Waals surface area contributed by atoms with Crippen LogP contribution >= 0.6 is 15.9 Å². The Balaban J connectivity index is 2.31. The summed E-state index contributed by atoms with van der Waals surface area (Å²) in [7, 11) is 0. The Morgan fingerprint density at radius 3 is 2.70 bits per heavy atom. The van der Waals surface area contributed by atoms with Crippen molar-refractivity contribution in [1.82, 2.24) is 0 Å². The van der Waals surface area contributed by atoms with E-state index in [1.807, 2.05) is 0 Å². The molecule has 0 saturated carbocycles. The smallest absolute Gasteiger partial charge is 0.0672 e. The van der Waals surface area contributed by atoms with E-state index in [4.69, 9.17) is 4.74 Å². The van der Waals surface area contributed by atoms with Crippen molar-refractivity contribution in [1.29, 1.82) is 0 Å². The maximum atomic E-state index is 5.60. The van der Waals surface area contributed by atoms with Gasteiger partial charge in [-0.3, -0.25) is 0 Å². The maximum Gasteiger partial charge on any atom is 0.0672 e. The van der Waals surface area contributed by atoms with Crippen molar-refractivity contribution >= 4 is 15.9 Å². The molecule has 0 aromatic heterocycles. The standard InChI is InChI=1S/C8H15BrO/c1-8(2)4-3-7(5-9)10-6-8/h7H,3-6H2,1-2H3. The van der Waals surface area contributed by atoms with Crippen molar-refractivity contribution in [2.45, 2.75) is 32.8 Å². The molecule has 0 aliphatic carbocycles. The molecule has 0 radical (unpaired) electrons. The molecule has 0 N–H and O–H groups in total. The van der Waals surface area contributed by atoms with Crippen molar-refractivity contribution in [3.63, 3.8) is 0 Å². The molecule has 1 heterocycles. The predicted molar refractivity (Wildman–Crippen MR) is 46.5 cm³/mol. The number of ether oxygens (including phenoxy) is 1. The SMILES string of the molecule is CC1(C)CCC(CBr)OC1. The molecule has 1 aliphatic heterocycles. The molecular formula is C8H15BrO. The molecule has 1 atom stereocenters. The summed E-state index contributed by atoms with van der Waals surface area (Å²) in [5.74, 6) is 0. The van der Waals surface area contributed by atoms with Gasteiger partial charge in [-0.1, -0.05) is 29.8 Å². The van der Waals surface area contributed by atoms with Crippen LogP contribution < -0.4 is 0 Å². The van der Waals surface area contributed by atoms with E-state index in [2.05, 4.69) is 29.8 Å². The van der Waals surface area contributed by atoms with E-state index in [0.29, 0.717) is 11.5 Å². The lowest BCUT2D eigenvalue weighted by molar-refractivity contribution is -0.0358. The molecule has 2 heteroatoms. The van der Waals surface area contributed by atoms with Gasteiger partial charge >= 0.3 is 0 Å². The molecule has 0 aromatic carbocycles. The van der Waals surface area contributed by atoms with E-state index in [1.165, 1.54) is 12.8 Å². The van der Waals surface area contributed by atoms with Crippen molar-refractivity contribution < 1.29 is 4.74 Å². The fraction of sp³-hybridized carbons (Fsp3) is 1.00. The predicted octanol–water partition coefficient (Wildman–Crippen LogP) is 2.59. The second-order valence-corrected chi connectivity index (χ2v) is 4.44. The monoisotopic (exact) mass is 206 g/mol. The van der Waals surface area contributed by atoms with Crippen LogP contribution in [0.25, 0.3) is 0 Å². The molecule has 1 aliphatic rings. The number of halogens is 1. The highest BCUT2D eigenvalue weighted by molar-refractivity contribution is 9.09. The number of hydrogen-bond donors (Lipinski definition) is 0. The highest BCUT2D eigenvalue weighted by Crippen LogP contribution is 2.30. The zero-order valence-corrected chi connectivity index (χ0v) is 8.28. The minimum atomic E-state index is 0.415. The summed E-state index contributed by atoms with van der Waals surface area (Å²) < 4.78 is 5.60. The third kappa shape index (κ3) is 2.24. The van der Waals surface area contributed by atoms with Crippen LogP contribution in [0.3, 0.4) is 0 Å². The van der Waals surface area contributed by atoms with Crippen LogP contribution in [0.4, 0.5) is 0 Å². The highest BCUT2D eigenvalue weighted by atomic mass is 79.9. The molecule has 1 fully saturated rings. The zero-order valence-electron chi connectivity index (χ0n) is 6.69. The lowest BCUT2D eigenvalue weighted by Crippen LogP contribution is -2.32. The average molecular weight is 207 g/mol. The molecule has 0 bridgehead atoms. The fourth-order valence-electron chi connectivity index (χ4n) is 1.17. The Morgan fingerprint density at radius 2 is 2.30 bits per heavy atom. The van der Waals surface area contributed by atoms with Crippen LogP contribution in [-0.2, 0) is 4.74 Å². The topological polar surface area (TPSA) is 9.23 Å². The van der Waals surface area contributed by atoms with Crippen LogP contribution in [0, 0.1) is 5.41 Å². The Kier molecular flexibility index (Phi) is 2.75. The van der Waals surface area contributed by atoms with E-state index in [9.17, 15) is 0 Å². The van der Waals surface area contributed by atoms with Gasteiger partial charge in [-0.2, -0.15) is 0 Å². The van der Waals surface area contributed by atoms with Crippen molar-refractivity contribution in [3.05, 3.63) is 0 Å². The maximum absolute atomic E-state index is 5.60. The second kappa shape index (κ2) is 3.22. The number of hydrogen-bond acceptors (Lipinski definition) is 1. The second-order valence-electron chi connectivity index (χ2n) is 3.79. The molecule has 60 valence electrons. The van der Waals surface area contributed by atoms with Gasteiger partial charge < -0.3 is 4.74 Å². The fourth-order valence-corrected chi connectivity index (χ4v) is 1.68. The Hall–Kier alpha value is 0.440. The van der Waals surface area contributed by atoms with Crippen LogP contribution in [0.5, 0.6) is 0 Å². The Bertz CT molecular complexity index is 102. The van der Waals surface area contributed by atoms with Crippen LogP contribution in [0.2, 0.25) is 0 Å². The third-order valence-electron chi connectivity index (χ3n) is 2.02. The summed E-state index contributed by atoms with van der Waals surface area (Å²) in [6.07, 6.45) is 2.97. The van der Waals surface area contributed by atoms with Gasteiger partial charge in [0.25, 0.3) is 0 Å². The van der Waals surface area contributed by atoms with Crippen LogP contribution in [0.1, 0.15) is 26.7 Å². The first-order chi connectivity index (χ1) is 4.64. The highest BCUT2D eigenvalue weighted by Gasteiger charge is 2.26. The number of rotatable bonds is 1. The first-order valence-corrected chi connectivity index (χ1v) is 4.94. The molecule has 0 amide bonds. The van der Waals surface area contributed by atoms with Gasteiger partial charge in [-0.05, 0) is 18.3 Å². The zero-order chi connectivity index (χ0) is 7.61. The van der Waals surface area contributed by atoms with Crippen molar-refractivity contribution in [2.24, 2.45) is 5.41 Å². The van der Waals surface area contributed by atoms with E-state index >= 15 is 0 Å². The van der Waals surface area contributed by atoms with Gasteiger partial charge in [-0.25, -0.2) is 0 Å². The average Bonchev–Trinajstić information content (AvgIpc) is 1.88. The van der Waals surface area contributed by atoms with Crippen molar-refractivity contribution in [2.75, 3.05) is 11.9 Å². The first kappa shape index (κ1) is 8.54. The summed E-state index contributed by atoms with van der Waals surface area (Å²) in [4.78, 5) is 0. The Morgan fingerprint density at radius 1 is 1.60 bits per heavy atom. The summed E-state index contributed by atoms with van der Waals surface area (Å²) in [5.41, 5.74) is 0.415. The lowest BCUT2D eigenvalue weighted by Gasteiger charge is -2.33. The molecule has 1 rings (SSSR count). The van der Waals surface area contributed by atoms with Gasteiger partial charge in [0.05, 0.1) is 12.7 Å². The lowest BCUT2D eigenvalue weighted by atomic mass is 9.86. The van der Waals surface area contributed by atoms with E-state index in [0.717, 1.165) is 11.9 Å². The molecule has 1 saturated heterocycles. The van der Waals surface area contributed by atoms with Gasteiger partial charge in [0.15, 0.2) is 0 Å². The number of alkyl halides is 1. The van der Waals surface area contributed by atoms with E-state index in [-0.39, 0.29) is 0 Å². The minimum Gasteiger partial charge on any atom is -0.377 e.